The van der Waals surface area contributed by atoms with E-state index in [0.29, 0.717) is 0 Å². The van der Waals surface area contributed by atoms with Crippen LogP contribution in [0.1, 0.15) is 69.6 Å². The van der Waals surface area contributed by atoms with Crippen molar-refractivity contribution in [1.82, 2.24) is 10.3 Å². The molecule has 1 rings (SSSR count). The summed E-state index contributed by atoms with van der Waals surface area (Å²) >= 11 is 1.80. The van der Waals surface area contributed by atoms with Crippen LogP contribution in [-0.4, -0.2) is 17.1 Å². The second-order valence-electron chi connectivity index (χ2n) is 5.73. The lowest BCUT2D eigenvalue weighted by atomic mass is 10.1. The number of thiazole rings is 1. The van der Waals surface area contributed by atoms with Gasteiger partial charge in [0.25, 0.3) is 0 Å². The lowest BCUT2D eigenvalue weighted by Crippen LogP contribution is -2.35. The highest BCUT2D eigenvalue weighted by Crippen LogP contribution is 2.29. The molecule has 0 aromatic carbocycles. The summed E-state index contributed by atoms with van der Waals surface area (Å²) in [6, 6.07) is 0. The average Bonchev–Trinajstić information content (AvgIpc) is 2.75. The van der Waals surface area contributed by atoms with Gasteiger partial charge in [-0.05, 0) is 40.5 Å². The Morgan fingerprint density at radius 2 is 1.95 bits per heavy atom. The molecule has 0 aliphatic heterocycles. The van der Waals surface area contributed by atoms with Crippen molar-refractivity contribution in [2.24, 2.45) is 0 Å². The van der Waals surface area contributed by atoms with E-state index in [9.17, 15) is 0 Å². The molecular weight excluding hydrogens is 256 g/mol. The predicted octanol–water partition coefficient (Wildman–Crippen LogP) is 4.08. The maximum atomic E-state index is 5.76. The minimum Gasteiger partial charge on any atom is -0.371 e. The van der Waals surface area contributed by atoms with Crippen LogP contribution in [0, 0.1) is 0 Å². The van der Waals surface area contributed by atoms with Crippen molar-refractivity contribution in [3.8, 4) is 0 Å². The number of aryl methyl sites for hydroxylation is 1. The van der Waals surface area contributed by atoms with Gasteiger partial charge in [-0.2, -0.15) is 0 Å². The molecule has 1 unspecified atom stereocenters. The van der Waals surface area contributed by atoms with E-state index in [4.69, 9.17) is 9.72 Å². The zero-order valence-electron chi connectivity index (χ0n) is 13.2. The van der Waals surface area contributed by atoms with Crippen LogP contribution in [0.4, 0.5) is 0 Å². The Kier molecular flexibility index (Phi) is 6.43. The van der Waals surface area contributed by atoms with E-state index in [1.807, 2.05) is 6.92 Å². The molecule has 3 nitrogen and oxygen atoms in total. The summed E-state index contributed by atoms with van der Waals surface area (Å²) in [5.74, 6) is 0. The fourth-order valence-electron chi connectivity index (χ4n) is 1.87. The van der Waals surface area contributed by atoms with Crippen LogP contribution in [0.15, 0.2) is 0 Å². The van der Waals surface area contributed by atoms with E-state index in [2.05, 4.69) is 39.9 Å². The van der Waals surface area contributed by atoms with Crippen molar-refractivity contribution < 1.29 is 4.74 Å². The van der Waals surface area contributed by atoms with Gasteiger partial charge in [0.1, 0.15) is 11.1 Å². The van der Waals surface area contributed by atoms with E-state index in [1.165, 1.54) is 10.6 Å². The largest absolute Gasteiger partial charge is 0.371 e. The molecule has 0 amide bonds. The van der Waals surface area contributed by atoms with Gasteiger partial charge in [-0.1, -0.05) is 13.8 Å². The van der Waals surface area contributed by atoms with Crippen molar-refractivity contribution in [3.63, 3.8) is 0 Å². The van der Waals surface area contributed by atoms with E-state index in [-0.39, 0.29) is 11.6 Å². The Bertz CT molecular complexity index is 382. The second-order valence-corrected chi connectivity index (χ2v) is 6.85. The summed E-state index contributed by atoms with van der Waals surface area (Å²) in [5, 5.41) is 4.68. The van der Waals surface area contributed by atoms with Gasteiger partial charge >= 0.3 is 0 Å². The van der Waals surface area contributed by atoms with Crippen LogP contribution in [0.5, 0.6) is 0 Å². The molecule has 4 heteroatoms. The SMILES string of the molecule is CCOC(CC)c1nc(CC)c(CNC(C)(C)C)s1. The summed E-state index contributed by atoms with van der Waals surface area (Å²) in [6.07, 6.45) is 2.13. The molecule has 0 saturated carbocycles. The van der Waals surface area contributed by atoms with Gasteiger partial charge in [0, 0.05) is 23.6 Å². The number of ether oxygens (including phenoxy) is 1. The molecule has 1 aromatic heterocycles. The first-order chi connectivity index (χ1) is 8.91. The quantitative estimate of drug-likeness (QED) is 0.819. The first-order valence-electron chi connectivity index (χ1n) is 7.26. The van der Waals surface area contributed by atoms with Crippen LogP contribution in [0.3, 0.4) is 0 Å². The number of aromatic nitrogens is 1. The first-order valence-corrected chi connectivity index (χ1v) is 8.08. The molecule has 0 aliphatic carbocycles. The van der Waals surface area contributed by atoms with Crippen molar-refractivity contribution in [3.05, 3.63) is 15.6 Å². The maximum Gasteiger partial charge on any atom is 0.122 e. The zero-order chi connectivity index (χ0) is 14.5. The van der Waals surface area contributed by atoms with E-state index in [0.717, 1.165) is 31.0 Å². The predicted molar refractivity (Wildman–Crippen MR) is 82.7 cm³/mol. The summed E-state index contributed by atoms with van der Waals surface area (Å²) in [5.41, 5.74) is 1.36. The first kappa shape index (κ1) is 16.6. The van der Waals surface area contributed by atoms with Crippen molar-refractivity contribution >= 4 is 11.3 Å². The average molecular weight is 284 g/mol. The van der Waals surface area contributed by atoms with Crippen LogP contribution < -0.4 is 5.32 Å². The standard InChI is InChI=1S/C15H28N2OS/c1-7-11-13(10-16-15(4,5)6)19-14(17-11)12(8-2)18-9-3/h12,16H,7-10H2,1-6H3. The Morgan fingerprint density at radius 3 is 2.42 bits per heavy atom. The number of hydrogen-bond acceptors (Lipinski definition) is 4. The Balaban J connectivity index is 2.84. The lowest BCUT2D eigenvalue weighted by molar-refractivity contribution is 0.0595. The van der Waals surface area contributed by atoms with Gasteiger partial charge in [0.2, 0.25) is 0 Å². The fourth-order valence-corrected chi connectivity index (χ4v) is 3.09. The molecule has 0 spiro atoms. The van der Waals surface area contributed by atoms with Crippen LogP contribution >= 0.6 is 11.3 Å². The molecule has 110 valence electrons. The monoisotopic (exact) mass is 284 g/mol. The highest BCUT2D eigenvalue weighted by molar-refractivity contribution is 7.11. The third-order valence-electron chi connectivity index (χ3n) is 2.92. The normalized spacial score (nSPS) is 13.8. The summed E-state index contributed by atoms with van der Waals surface area (Å²) < 4.78 is 5.76. The van der Waals surface area contributed by atoms with Gasteiger partial charge in [-0.15, -0.1) is 11.3 Å². The van der Waals surface area contributed by atoms with E-state index in [1.54, 1.807) is 11.3 Å². The molecule has 1 N–H and O–H groups in total. The smallest absolute Gasteiger partial charge is 0.122 e. The Labute approximate surface area is 121 Å². The molecule has 0 fully saturated rings. The topological polar surface area (TPSA) is 34.1 Å². The minimum atomic E-state index is 0.138. The molecular formula is C15H28N2OS. The summed E-state index contributed by atoms with van der Waals surface area (Å²) in [4.78, 5) is 6.13. The van der Waals surface area contributed by atoms with Crippen LogP contribution in [0.2, 0.25) is 0 Å². The van der Waals surface area contributed by atoms with Crippen molar-refractivity contribution in [2.45, 2.75) is 72.6 Å². The number of rotatable bonds is 7. The Hall–Kier alpha value is -0.450. The van der Waals surface area contributed by atoms with Gasteiger partial charge in [0.15, 0.2) is 0 Å². The third-order valence-corrected chi connectivity index (χ3v) is 4.11. The molecule has 0 aliphatic rings. The molecule has 1 heterocycles. The summed E-state index contributed by atoms with van der Waals surface area (Å²) in [6.45, 7) is 14.6. The molecule has 0 radical (unpaired) electrons. The van der Waals surface area contributed by atoms with Crippen LogP contribution in [0.25, 0.3) is 0 Å². The zero-order valence-corrected chi connectivity index (χ0v) is 14.0. The number of nitrogens with one attached hydrogen (secondary N) is 1. The van der Waals surface area contributed by atoms with Gasteiger partial charge < -0.3 is 10.1 Å². The van der Waals surface area contributed by atoms with Crippen LogP contribution in [-0.2, 0) is 17.7 Å². The second kappa shape index (κ2) is 7.36. The number of hydrogen-bond donors (Lipinski definition) is 1. The highest BCUT2D eigenvalue weighted by Gasteiger charge is 2.18. The fraction of sp³-hybridized carbons (Fsp3) is 0.800. The molecule has 19 heavy (non-hydrogen) atoms. The summed E-state index contributed by atoms with van der Waals surface area (Å²) in [7, 11) is 0. The third kappa shape index (κ3) is 5.21. The Morgan fingerprint density at radius 1 is 1.26 bits per heavy atom. The van der Waals surface area contributed by atoms with Crippen molar-refractivity contribution in [1.29, 1.82) is 0 Å². The molecule has 1 atom stereocenters. The highest BCUT2D eigenvalue weighted by atomic mass is 32.1. The molecule has 0 bridgehead atoms. The molecule has 1 aromatic rings. The van der Waals surface area contributed by atoms with Gasteiger partial charge in [-0.3, -0.25) is 0 Å². The maximum absolute atomic E-state index is 5.76. The van der Waals surface area contributed by atoms with E-state index >= 15 is 0 Å². The minimum absolute atomic E-state index is 0.138. The van der Waals surface area contributed by atoms with Gasteiger partial charge in [0.05, 0.1) is 5.69 Å². The number of nitrogens with zero attached hydrogens (tertiary/aromatic N) is 1. The molecule has 0 saturated heterocycles. The van der Waals surface area contributed by atoms with E-state index < -0.39 is 0 Å². The van der Waals surface area contributed by atoms with Gasteiger partial charge in [-0.25, -0.2) is 4.98 Å². The van der Waals surface area contributed by atoms with Crippen molar-refractivity contribution in [2.75, 3.05) is 6.61 Å². The lowest BCUT2D eigenvalue weighted by Gasteiger charge is -2.20.